The summed E-state index contributed by atoms with van der Waals surface area (Å²) in [6.45, 7) is 7.68. The minimum Gasteiger partial charge on any atom is -0.481 e. The molecule has 1 unspecified atom stereocenters. The largest absolute Gasteiger partial charge is 0.481 e. The zero-order valence-corrected chi connectivity index (χ0v) is 12.9. The van der Waals surface area contributed by atoms with Crippen molar-refractivity contribution in [1.29, 1.82) is 0 Å². The predicted octanol–water partition coefficient (Wildman–Crippen LogP) is 2.71. The number of nitrogens with one attached hydrogen (secondary N) is 1. The molecule has 1 rings (SSSR count). The highest BCUT2D eigenvalue weighted by Crippen LogP contribution is 2.26. The van der Waals surface area contributed by atoms with Crippen LogP contribution in [0.25, 0.3) is 0 Å². The quantitative estimate of drug-likeness (QED) is 0.755. The molecule has 1 heterocycles. The summed E-state index contributed by atoms with van der Waals surface area (Å²) < 4.78 is 0. The highest BCUT2D eigenvalue weighted by molar-refractivity contribution is 5.78. The van der Waals surface area contributed by atoms with Crippen LogP contribution in [-0.4, -0.2) is 41.6 Å². The summed E-state index contributed by atoms with van der Waals surface area (Å²) in [5.41, 5.74) is -0.835. The second kappa shape index (κ2) is 7.50. The molecule has 5 heteroatoms. The normalized spacial score (nSPS) is 19.1. The van der Waals surface area contributed by atoms with E-state index in [1.807, 2.05) is 18.7 Å². The van der Waals surface area contributed by atoms with Crippen molar-refractivity contribution >= 4 is 12.0 Å². The summed E-state index contributed by atoms with van der Waals surface area (Å²) in [5, 5.41) is 12.2. The van der Waals surface area contributed by atoms with E-state index in [9.17, 15) is 14.7 Å². The molecule has 1 saturated heterocycles. The van der Waals surface area contributed by atoms with Crippen molar-refractivity contribution in [3.05, 3.63) is 0 Å². The topological polar surface area (TPSA) is 69.6 Å². The van der Waals surface area contributed by atoms with Crippen molar-refractivity contribution in [2.45, 2.75) is 52.9 Å². The molecule has 1 fully saturated rings. The lowest BCUT2D eigenvalue weighted by Gasteiger charge is -2.28. The Morgan fingerprint density at radius 3 is 2.45 bits per heavy atom. The van der Waals surface area contributed by atoms with Gasteiger partial charge in [-0.2, -0.15) is 0 Å². The van der Waals surface area contributed by atoms with Gasteiger partial charge in [0.1, 0.15) is 0 Å². The van der Waals surface area contributed by atoms with Gasteiger partial charge in [-0.1, -0.05) is 27.2 Å². The standard InChI is InChI=1S/C15H28N2O3/c1-4-7-12-8-9-17(10-12)14(20)16-11-15(5-2,6-3)13(18)19/h12H,4-11H2,1-3H3,(H,16,20)(H,18,19). The molecule has 0 aromatic rings. The summed E-state index contributed by atoms with van der Waals surface area (Å²) in [7, 11) is 0. The van der Waals surface area contributed by atoms with Gasteiger partial charge in [-0.3, -0.25) is 4.79 Å². The Labute approximate surface area is 121 Å². The van der Waals surface area contributed by atoms with E-state index in [2.05, 4.69) is 12.2 Å². The van der Waals surface area contributed by atoms with Gasteiger partial charge in [-0.15, -0.1) is 0 Å². The first-order valence-corrected chi connectivity index (χ1v) is 7.75. The third-order valence-corrected chi connectivity index (χ3v) is 4.66. The van der Waals surface area contributed by atoms with Crippen molar-refractivity contribution in [2.75, 3.05) is 19.6 Å². The lowest BCUT2D eigenvalue weighted by atomic mass is 9.82. The van der Waals surface area contributed by atoms with Crippen LogP contribution in [0, 0.1) is 11.3 Å². The molecule has 1 atom stereocenters. The Kier molecular flexibility index (Phi) is 6.30. The Hall–Kier alpha value is -1.26. The molecule has 116 valence electrons. The maximum absolute atomic E-state index is 12.1. The molecule has 2 amide bonds. The fourth-order valence-electron chi connectivity index (χ4n) is 2.90. The third kappa shape index (κ3) is 3.87. The molecule has 0 bridgehead atoms. The number of carbonyl (C=O) groups is 2. The Balaban J connectivity index is 2.49. The van der Waals surface area contributed by atoms with Crippen LogP contribution < -0.4 is 5.32 Å². The van der Waals surface area contributed by atoms with Gasteiger partial charge in [-0.25, -0.2) is 4.79 Å². The first-order valence-electron chi connectivity index (χ1n) is 7.75. The Morgan fingerprint density at radius 2 is 1.95 bits per heavy atom. The fraction of sp³-hybridized carbons (Fsp3) is 0.867. The number of likely N-dealkylation sites (tertiary alicyclic amines) is 1. The second-order valence-electron chi connectivity index (χ2n) is 5.84. The average molecular weight is 284 g/mol. The minimum absolute atomic E-state index is 0.115. The van der Waals surface area contributed by atoms with E-state index < -0.39 is 11.4 Å². The molecule has 0 aliphatic carbocycles. The number of hydrogen-bond donors (Lipinski definition) is 2. The zero-order chi connectivity index (χ0) is 15.2. The summed E-state index contributed by atoms with van der Waals surface area (Å²) in [6.07, 6.45) is 4.42. The van der Waals surface area contributed by atoms with E-state index in [0.29, 0.717) is 18.8 Å². The molecule has 0 radical (unpaired) electrons. The Bertz CT molecular complexity index is 340. The molecule has 5 nitrogen and oxygen atoms in total. The molecular weight excluding hydrogens is 256 g/mol. The number of aliphatic carboxylic acids is 1. The van der Waals surface area contributed by atoms with Gasteiger partial charge < -0.3 is 15.3 Å². The predicted molar refractivity (Wildman–Crippen MR) is 78.6 cm³/mol. The number of rotatable bonds is 7. The minimum atomic E-state index is -0.835. The molecule has 0 aromatic carbocycles. The molecule has 1 aliphatic heterocycles. The van der Waals surface area contributed by atoms with Gasteiger partial charge >= 0.3 is 12.0 Å². The third-order valence-electron chi connectivity index (χ3n) is 4.66. The molecule has 20 heavy (non-hydrogen) atoms. The van der Waals surface area contributed by atoms with E-state index in [-0.39, 0.29) is 12.6 Å². The van der Waals surface area contributed by atoms with E-state index in [4.69, 9.17) is 0 Å². The van der Waals surface area contributed by atoms with Crippen LogP contribution in [0.1, 0.15) is 52.9 Å². The Morgan fingerprint density at radius 1 is 1.30 bits per heavy atom. The van der Waals surface area contributed by atoms with Crippen LogP contribution in [0.3, 0.4) is 0 Å². The zero-order valence-electron chi connectivity index (χ0n) is 12.9. The van der Waals surface area contributed by atoms with Gasteiger partial charge in [0.05, 0.1) is 5.41 Å². The molecule has 0 saturated carbocycles. The van der Waals surface area contributed by atoms with E-state index in [0.717, 1.165) is 32.4 Å². The second-order valence-corrected chi connectivity index (χ2v) is 5.84. The molecular formula is C15H28N2O3. The van der Waals surface area contributed by atoms with Gasteiger partial charge in [-0.05, 0) is 31.6 Å². The summed E-state index contributed by atoms with van der Waals surface area (Å²) in [6, 6.07) is -0.115. The van der Waals surface area contributed by atoms with Crippen molar-refractivity contribution in [3.8, 4) is 0 Å². The van der Waals surface area contributed by atoms with Crippen LogP contribution in [0.15, 0.2) is 0 Å². The smallest absolute Gasteiger partial charge is 0.317 e. The summed E-state index contributed by atoms with van der Waals surface area (Å²) >= 11 is 0. The molecule has 1 aliphatic rings. The van der Waals surface area contributed by atoms with Crippen LogP contribution in [0.4, 0.5) is 4.79 Å². The highest BCUT2D eigenvalue weighted by atomic mass is 16.4. The SMILES string of the molecule is CCCC1CCN(C(=O)NCC(CC)(CC)C(=O)O)C1. The number of urea groups is 1. The van der Waals surface area contributed by atoms with Crippen molar-refractivity contribution in [3.63, 3.8) is 0 Å². The van der Waals surface area contributed by atoms with Crippen molar-refractivity contribution in [1.82, 2.24) is 10.2 Å². The lowest BCUT2D eigenvalue weighted by molar-refractivity contribution is -0.149. The number of carbonyl (C=O) groups excluding carboxylic acids is 1. The van der Waals surface area contributed by atoms with E-state index in [1.54, 1.807) is 0 Å². The van der Waals surface area contributed by atoms with E-state index >= 15 is 0 Å². The summed E-state index contributed by atoms with van der Waals surface area (Å²) in [5.74, 6) is -0.222. The van der Waals surface area contributed by atoms with Crippen molar-refractivity contribution < 1.29 is 14.7 Å². The number of carboxylic acid groups (broad SMARTS) is 1. The van der Waals surface area contributed by atoms with Crippen LogP contribution in [-0.2, 0) is 4.79 Å². The fourth-order valence-corrected chi connectivity index (χ4v) is 2.90. The van der Waals surface area contributed by atoms with Gasteiger partial charge in [0.15, 0.2) is 0 Å². The monoisotopic (exact) mass is 284 g/mol. The molecule has 0 spiro atoms. The lowest BCUT2D eigenvalue weighted by Crippen LogP contribution is -2.46. The molecule has 2 N–H and O–H groups in total. The number of hydrogen-bond acceptors (Lipinski definition) is 2. The van der Waals surface area contributed by atoms with Gasteiger partial charge in [0.2, 0.25) is 0 Å². The molecule has 0 aromatic heterocycles. The van der Waals surface area contributed by atoms with E-state index in [1.165, 1.54) is 0 Å². The maximum atomic E-state index is 12.1. The maximum Gasteiger partial charge on any atom is 0.317 e. The number of amides is 2. The van der Waals surface area contributed by atoms with Crippen molar-refractivity contribution in [2.24, 2.45) is 11.3 Å². The highest BCUT2D eigenvalue weighted by Gasteiger charge is 2.36. The first-order chi connectivity index (χ1) is 9.49. The van der Waals surface area contributed by atoms with Gasteiger partial charge in [0, 0.05) is 19.6 Å². The first kappa shape index (κ1) is 16.8. The summed E-state index contributed by atoms with van der Waals surface area (Å²) in [4.78, 5) is 25.3. The van der Waals surface area contributed by atoms with Crippen LogP contribution in [0.5, 0.6) is 0 Å². The number of nitrogens with zero attached hydrogens (tertiary/aromatic N) is 1. The average Bonchev–Trinajstić information content (AvgIpc) is 2.89. The van der Waals surface area contributed by atoms with Crippen LogP contribution >= 0.6 is 0 Å². The number of carboxylic acids is 1. The van der Waals surface area contributed by atoms with Gasteiger partial charge in [0.25, 0.3) is 0 Å². The van der Waals surface area contributed by atoms with Crippen LogP contribution in [0.2, 0.25) is 0 Å².